The average Bonchev–Trinajstić information content (AvgIpc) is 2.88. The van der Waals surface area contributed by atoms with Gasteiger partial charge in [-0.25, -0.2) is 4.98 Å². The molecular formula is C25H26ClN5O4. The van der Waals surface area contributed by atoms with E-state index in [9.17, 15) is 9.59 Å². The summed E-state index contributed by atoms with van der Waals surface area (Å²) in [6.45, 7) is 1.79. The van der Waals surface area contributed by atoms with Crippen LogP contribution in [-0.2, 0) is 22.6 Å². The zero-order valence-electron chi connectivity index (χ0n) is 19.2. The Morgan fingerprint density at radius 1 is 1.14 bits per heavy atom. The molecule has 2 saturated heterocycles. The Morgan fingerprint density at radius 2 is 2.00 bits per heavy atom. The molecule has 2 N–H and O–H groups in total. The second-order valence-electron chi connectivity index (χ2n) is 9.72. The molecule has 3 aliphatic heterocycles. The number of ether oxygens (including phenoxy) is 2. The summed E-state index contributed by atoms with van der Waals surface area (Å²) < 4.78 is 13.6. The number of aryl methyl sites for hydroxylation is 1. The number of hydrogen-bond donors (Lipinski definition) is 2. The van der Waals surface area contributed by atoms with Crippen LogP contribution in [0.4, 0.5) is 5.82 Å². The molecule has 7 rings (SSSR count). The molecule has 0 atom stereocenters. The van der Waals surface area contributed by atoms with E-state index in [0.29, 0.717) is 36.3 Å². The zero-order valence-corrected chi connectivity index (χ0v) is 19.9. The molecule has 6 heterocycles. The SMILES string of the molecule is O=C1COc2ccc(CNC34CCC(CCn5c(=O)ccc6ncc(Cl)cc65)(CC3)OC4)nc2N1. The van der Waals surface area contributed by atoms with Gasteiger partial charge in [0.2, 0.25) is 0 Å². The van der Waals surface area contributed by atoms with E-state index in [1.54, 1.807) is 29.0 Å². The highest BCUT2D eigenvalue weighted by molar-refractivity contribution is 6.31. The smallest absolute Gasteiger partial charge is 0.263 e. The Kier molecular flexibility index (Phi) is 5.51. The predicted molar refractivity (Wildman–Crippen MR) is 131 cm³/mol. The van der Waals surface area contributed by atoms with Crippen LogP contribution in [-0.4, -0.2) is 44.8 Å². The number of nitrogens with one attached hydrogen (secondary N) is 2. The molecule has 1 amide bonds. The number of aromatic nitrogens is 3. The molecule has 0 spiro atoms. The third-order valence-electron chi connectivity index (χ3n) is 7.55. The summed E-state index contributed by atoms with van der Waals surface area (Å²) in [4.78, 5) is 33.1. The second-order valence-corrected chi connectivity index (χ2v) is 10.2. The number of fused-ring (bicyclic) bond motifs is 5. The summed E-state index contributed by atoms with van der Waals surface area (Å²) in [7, 11) is 0. The first kappa shape index (κ1) is 22.5. The first-order chi connectivity index (χ1) is 16.9. The molecule has 0 radical (unpaired) electrons. The standard InChI is InChI=1S/C25H26ClN5O4/c26-16-11-19-18(27-12-16)2-4-22(33)31(19)10-9-25-7-5-24(6-8-25,15-35-25)28-13-17-1-3-20-23(29-17)30-21(32)14-34-20/h1-4,11-12,28H,5-10,13-15H2,(H,29,30,32). The van der Waals surface area contributed by atoms with Crippen molar-refractivity contribution < 1.29 is 14.3 Å². The summed E-state index contributed by atoms with van der Waals surface area (Å²) in [6, 6.07) is 8.86. The molecule has 3 aromatic rings. The molecule has 3 fully saturated rings. The number of rotatable bonds is 6. The molecule has 0 aromatic carbocycles. The van der Waals surface area contributed by atoms with Crippen LogP contribution in [0.2, 0.25) is 5.02 Å². The lowest BCUT2D eigenvalue weighted by atomic mass is 9.70. The fourth-order valence-electron chi connectivity index (χ4n) is 5.38. The van der Waals surface area contributed by atoms with Crippen molar-refractivity contribution in [1.29, 1.82) is 0 Å². The van der Waals surface area contributed by atoms with Crippen LogP contribution >= 0.6 is 11.6 Å². The quantitative estimate of drug-likeness (QED) is 0.541. The summed E-state index contributed by atoms with van der Waals surface area (Å²) in [5.74, 6) is 0.877. The maximum absolute atomic E-state index is 12.6. The van der Waals surface area contributed by atoms with E-state index < -0.39 is 0 Å². The minimum atomic E-state index is -0.220. The predicted octanol–water partition coefficient (Wildman–Crippen LogP) is 3.04. The number of halogens is 1. The van der Waals surface area contributed by atoms with Crippen LogP contribution in [0.25, 0.3) is 11.0 Å². The van der Waals surface area contributed by atoms with Crippen molar-refractivity contribution in [3.63, 3.8) is 0 Å². The Balaban J connectivity index is 1.10. The number of hydrogen-bond acceptors (Lipinski definition) is 7. The number of pyridine rings is 3. The van der Waals surface area contributed by atoms with E-state index in [4.69, 9.17) is 21.1 Å². The van der Waals surface area contributed by atoms with Gasteiger partial charge in [0.15, 0.2) is 18.2 Å². The molecule has 3 aromatic heterocycles. The van der Waals surface area contributed by atoms with Gasteiger partial charge in [-0.15, -0.1) is 0 Å². The summed E-state index contributed by atoms with van der Waals surface area (Å²) in [6.07, 6.45) is 6.21. The Morgan fingerprint density at radius 3 is 2.80 bits per heavy atom. The van der Waals surface area contributed by atoms with E-state index in [0.717, 1.165) is 48.8 Å². The van der Waals surface area contributed by atoms with Crippen LogP contribution < -0.4 is 20.9 Å². The molecular weight excluding hydrogens is 470 g/mol. The number of amides is 1. The molecule has 4 aliphatic rings. The molecule has 0 unspecified atom stereocenters. The van der Waals surface area contributed by atoms with Gasteiger partial charge in [0.05, 0.1) is 34.0 Å². The number of carbonyl (C=O) groups excluding carboxylic acids is 1. The van der Waals surface area contributed by atoms with Crippen molar-refractivity contribution in [3.05, 3.63) is 57.6 Å². The maximum Gasteiger partial charge on any atom is 0.263 e. The lowest BCUT2D eigenvalue weighted by Gasteiger charge is -2.53. The molecule has 35 heavy (non-hydrogen) atoms. The van der Waals surface area contributed by atoms with Crippen molar-refractivity contribution in [1.82, 2.24) is 19.9 Å². The molecule has 1 saturated carbocycles. The lowest BCUT2D eigenvalue weighted by molar-refractivity contribution is -0.167. The largest absolute Gasteiger partial charge is 0.480 e. The van der Waals surface area contributed by atoms with Gasteiger partial charge < -0.3 is 24.7 Å². The van der Waals surface area contributed by atoms with Crippen LogP contribution in [0.3, 0.4) is 0 Å². The molecule has 1 aliphatic carbocycles. The lowest BCUT2D eigenvalue weighted by Crippen LogP contribution is -2.61. The van der Waals surface area contributed by atoms with Crippen molar-refractivity contribution >= 4 is 34.4 Å². The van der Waals surface area contributed by atoms with E-state index in [1.165, 1.54) is 0 Å². The number of anilines is 1. The normalized spacial score (nSPS) is 25.2. The van der Waals surface area contributed by atoms with Crippen molar-refractivity contribution in [2.75, 3.05) is 18.5 Å². The van der Waals surface area contributed by atoms with E-state index in [-0.39, 0.29) is 29.2 Å². The van der Waals surface area contributed by atoms with E-state index in [1.807, 2.05) is 12.1 Å². The highest BCUT2D eigenvalue weighted by Crippen LogP contribution is 2.45. The number of carbonyl (C=O) groups is 1. The van der Waals surface area contributed by atoms with Crippen molar-refractivity contribution in [2.45, 2.75) is 56.3 Å². The molecule has 182 valence electrons. The highest BCUT2D eigenvalue weighted by atomic mass is 35.5. The van der Waals surface area contributed by atoms with Gasteiger partial charge in [-0.3, -0.25) is 14.6 Å². The average molecular weight is 496 g/mol. The molecule has 10 heteroatoms. The van der Waals surface area contributed by atoms with Crippen LogP contribution in [0.1, 0.15) is 37.8 Å². The minimum Gasteiger partial charge on any atom is -0.480 e. The Hall–Kier alpha value is -3.01. The topological polar surface area (TPSA) is 107 Å². The third-order valence-corrected chi connectivity index (χ3v) is 7.75. The van der Waals surface area contributed by atoms with Gasteiger partial charge in [0.25, 0.3) is 11.5 Å². The monoisotopic (exact) mass is 495 g/mol. The van der Waals surface area contributed by atoms with Gasteiger partial charge in [0.1, 0.15) is 0 Å². The van der Waals surface area contributed by atoms with Gasteiger partial charge in [-0.1, -0.05) is 11.6 Å². The van der Waals surface area contributed by atoms with E-state index >= 15 is 0 Å². The van der Waals surface area contributed by atoms with Crippen molar-refractivity contribution in [2.24, 2.45) is 0 Å². The summed E-state index contributed by atoms with van der Waals surface area (Å²) in [5.41, 5.74) is 1.98. The molecule has 2 bridgehead atoms. The van der Waals surface area contributed by atoms with Gasteiger partial charge in [0, 0.05) is 30.9 Å². The van der Waals surface area contributed by atoms with E-state index in [2.05, 4.69) is 20.6 Å². The minimum absolute atomic E-state index is 0.0221. The second kappa shape index (κ2) is 8.58. The van der Waals surface area contributed by atoms with Crippen LogP contribution in [0.15, 0.2) is 41.3 Å². The fourth-order valence-corrected chi connectivity index (χ4v) is 5.54. The summed E-state index contributed by atoms with van der Waals surface area (Å²) in [5, 5.41) is 6.94. The zero-order chi connectivity index (χ0) is 24.0. The Labute approximate surface area is 206 Å². The maximum atomic E-state index is 12.6. The van der Waals surface area contributed by atoms with Crippen LogP contribution in [0.5, 0.6) is 5.75 Å². The third kappa shape index (κ3) is 4.28. The molecule has 9 nitrogen and oxygen atoms in total. The first-order valence-corrected chi connectivity index (χ1v) is 12.3. The van der Waals surface area contributed by atoms with Gasteiger partial charge in [-0.05, 0) is 56.4 Å². The Bertz CT molecular complexity index is 1350. The number of nitrogens with zero attached hydrogens (tertiary/aromatic N) is 3. The summed E-state index contributed by atoms with van der Waals surface area (Å²) >= 11 is 6.14. The van der Waals surface area contributed by atoms with Gasteiger partial charge in [-0.2, -0.15) is 0 Å². The fraction of sp³-hybridized carbons (Fsp3) is 0.440. The first-order valence-electron chi connectivity index (χ1n) is 11.9. The van der Waals surface area contributed by atoms with Crippen LogP contribution in [0, 0.1) is 0 Å². The highest BCUT2D eigenvalue weighted by Gasteiger charge is 2.49. The van der Waals surface area contributed by atoms with Crippen molar-refractivity contribution in [3.8, 4) is 5.75 Å². The van der Waals surface area contributed by atoms with Gasteiger partial charge >= 0.3 is 0 Å².